The van der Waals surface area contributed by atoms with E-state index in [1.54, 1.807) is 18.3 Å². The zero-order valence-corrected chi connectivity index (χ0v) is 24.6. The number of carbonyl (C=O) groups is 1. The van der Waals surface area contributed by atoms with Gasteiger partial charge in [0.15, 0.2) is 11.5 Å². The number of aryl methyl sites for hydroxylation is 2. The maximum atomic E-state index is 13.7. The second kappa shape index (κ2) is 12.8. The highest BCUT2D eigenvalue weighted by Crippen LogP contribution is 2.31. The van der Waals surface area contributed by atoms with Crippen molar-refractivity contribution in [3.63, 3.8) is 0 Å². The summed E-state index contributed by atoms with van der Waals surface area (Å²) in [6.07, 6.45) is 1.56. The maximum Gasteiger partial charge on any atom is 0.255 e. The molecule has 0 bridgehead atoms. The van der Waals surface area contributed by atoms with Gasteiger partial charge in [0, 0.05) is 35.2 Å². The van der Waals surface area contributed by atoms with E-state index in [0.717, 1.165) is 32.5 Å². The monoisotopic (exact) mass is 574 g/mol. The van der Waals surface area contributed by atoms with Gasteiger partial charge in [-0.05, 0) is 56.7 Å². The number of hydrogen-bond acceptors (Lipinski definition) is 6. The Balaban J connectivity index is 1.54. The van der Waals surface area contributed by atoms with E-state index in [0.29, 0.717) is 5.75 Å². The number of amides is 1. The lowest BCUT2D eigenvalue weighted by atomic mass is 10.2. The predicted molar refractivity (Wildman–Crippen MR) is 159 cm³/mol. The molecule has 9 nitrogen and oxygen atoms in total. The number of sulfonamides is 1. The van der Waals surface area contributed by atoms with Crippen LogP contribution in [0.25, 0.3) is 5.69 Å². The van der Waals surface area contributed by atoms with Crippen molar-refractivity contribution < 1.29 is 22.7 Å². The fourth-order valence-electron chi connectivity index (χ4n) is 4.52. The SMILES string of the molecule is COc1ccc(S(=O)(=O)N(CC(=O)N/N=C\c2cc(C)n(-c3ccc(C)cc3)c2C)Cc2ccccc2)cc1OC. The van der Waals surface area contributed by atoms with E-state index < -0.39 is 22.5 Å². The molecule has 1 aromatic heterocycles. The molecule has 0 saturated carbocycles. The van der Waals surface area contributed by atoms with Crippen molar-refractivity contribution in [2.24, 2.45) is 5.10 Å². The van der Waals surface area contributed by atoms with Crippen LogP contribution in [0.4, 0.5) is 0 Å². The fraction of sp³-hybridized carbons (Fsp3) is 0.226. The minimum Gasteiger partial charge on any atom is -0.493 e. The van der Waals surface area contributed by atoms with Gasteiger partial charge in [-0.1, -0.05) is 48.0 Å². The van der Waals surface area contributed by atoms with Crippen LogP contribution >= 0.6 is 0 Å². The highest BCUT2D eigenvalue weighted by Gasteiger charge is 2.28. The van der Waals surface area contributed by atoms with E-state index >= 15 is 0 Å². The van der Waals surface area contributed by atoms with Crippen molar-refractivity contribution >= 4 is 22.1 Å². The molecule has 3 aromatic carbocycles. The zero-order chi connectivity index (χ0) is 29.6. The summed E-state index contributed by atoms with van der Waals surface area (Å²) in [6, 6.07) is 23.6. The lowest BCUT2D eigenvalue weighted by Gasteiger charge is -2.22. The Morgan fingerprint density at radius 2 is 1.61 bits per heavy atom. The molecule has 4 rings (SSSR count). The fourth-order valence-corrected chi connectivity index (χ4v) is 5.92. The van der Waals surface area contributed by atoms with Gasteiger partial charge in [-0.25, -0.2) is 13.8 Å². The first kappa shape index (κ1) is 29.6. The number of methoxy groups -OCH3 is 2. The summed E-state index contributed by atoms with van der Waals surface area (Å²) in [7, 11) is -1.19. The molecule has 41 heavy (non-hydrogen) atoms. The first-order chi connectivity index (χ1) is 19.6. The van der Waals surface area contributed by atoms with Crippen molar-refractivity contribution in [2.45, 2.75) is 32.2 Å². The van der Waals surface area contributed by atoms with E-state index in [1.807, 2.05) is 45.0 Å². The summed E-state index contributed by atoms with van der Waals surface area (Å²) in [4.78, 5) is 12.9. The molecule has 1 heterocycles. The van der Waals surface area contributed by atoms with E-state index in [4.69, 9.17) is 9.47 Å². The molecule has 0 atom stereocenters. The number of ether oxygens (including phenoxy) is 2. The Hall–Kier alpha value is -4.41. The number of rotatable bonds is 11. The molecule has 0 aliphatic rings. The van der Waals surface area contributed by atoms with Gasteiger partial charge >= 0.3 is 0 Å². The van der Waals surface area contributed by atoms with Crippen LogP contribution < -0.4 is 14.9 Å². The smallest absolute Gasteiger partial charge is 0.255 e. The summed E-state index contributed by atoms with van der Waals surface area (Å²) in [5, 5.41) is 4.13. The summed E-state index contributed by atoms with van der Waals surface area (Å²) in [6.45, 7) is 5.58. The number of nitrogens with one attached hydrogen (secondary N) is 1. The summed E-state index contributed by atoms with van der Waals surface area (Å²) >= 11 is 0. The van der Waals surface area contributed by atoms with E-state index in [2.05, 4.69) is 39.4 Å². The maximum absolute atomic E-state index is 13.7. The molecule has 1 N–H and O–H groups in total. The number of carbonyl (C=O) groups excluding carboxylic acids is 1. The number of nitrogens with zero attached hydrogens (tertiary/aromatic N) is 3. The Labute approximate surface area is 241 Å². The summed E-state index contributed by atoms with van der Waals surface area (Å²) in [5.41, 5.74) is 8.25. The van der Waals surface area contributed by atoms with Gasteiger partial charge in [-0.15, -0.1) is 0 Å². The Morgan fingerprint density at radius 3 is 2.27 bits per heavy atom. The normalized spacial score (nSPS) is 11.7. The van der Waals surface area contributed by atoms with Gasteiger partial charge in [-0.3, -0.25) is 4.79 Å². The molecule has 0 spiro atoms. The van der Waals surface area contributed by atoms with Gasteiger partial charge in [0.1, 0.15) is 0 Å². The molecule has 0 saturated heterocycles. The van der Waals surface area contributed by atoms with Crippen LogP contribution in [0.15, 0.2) is 88.9 Å². The van der Waals surface area contributed by atoms with Crippen molar-refractivity contribution in [1.82, 2.24) is 14.3 Å². The second-order valence-corrected chi connectivity index (χ2v) is 11.5. The molecule has 4 aromatic rings. The molecule has 10 heteroatoms. The molecule has 0 aliphatic carbocycles. The third-order valence-electron chi connectivity index (χ3n) is 6.67. The standard InChI is InChI=1S/C31H34N4O5S/c1-22-11-13-27(14-12-22)35-23(2)17-26(24(35)3)19-32-33-31(36)21-34(20-25-9-7-6-8-10-25)41(37,38)28-15-16-29(39-4)30(18-28)40-5/h6-19H,20-21H2,1-5H3,(H,33,36)/b32-19-. The summed E-state index contributed by atoms with van der Waals surface area (Å²) < 4.78 is 41.1. The Bertz CT molecular complexity index is 1650. The number of hydrogen-bond donors (Lipinski definition) is 1. The predicted octanol–water partition coefficient (Wildman–Crippen LogP) is 4.76. The van der Waals surface area contributed by atoms with E-state index in [1.165, 1.54) is 38.0 Å². The molecule has 0 aliphatic heterocycles. The first-order valence-electron chi connectivity index (χ1n) is 13.0. The van der Waals surface area contributed by atoms with Crippen LogP contribution in [0.3, 0.4) is 0 Å². The number of benzene rings is 3. The topological polar surface area (TPSA) is 102 Å². The van der Waals surface area contributed by atoms with Crippen LogP contribution in [-0.4, -0.2) is 50.2 Å². The van der Waals surface area contributed by atoms with Gasteiger partial charge in [0.2, 0.25) is 10.0 Å². The molecule has 214 valence electrons. The van der Waals surface area contributed by atoms with Gasteiger partial charge in [-0.2, -0.15) is 9.41 Å². The largest absolute Gasteiger partial charge is 0.493 e. The highest BCUT2D eigenvalue weighted by molar-refractivity contribution is 7.89. The van der Waals surface area contributed by atoms with E-state index in [9.17, 15) is 13.2 Å². The minimum atomic E-state index is -4.09. The number of hydrazone groups is 1. The van der Waals surface area contributed by atoms with Crippen molar-refractivity contribution in [3.05, 3.63) is 107 Å². The quantitative estimate of drug-likeness (QED) is 0.206. The van der Waals surface area contributed by atoms with Gasteiger partial charge < -0.3 is 14.0 Å². The third kappa shape index (κ3) is 6.85. The van der Waals surface area contributed by atoms with Crippen molar-refractivity contribution in [3.8, 4) is 17.2 Å². The molecule has 0 fully saturated rings. The van der Waals surface area contributed by atoms with Crippen molar-refractivity contribution in [2.75, 3.05) is 20.8 Å². The lowest BCUT2D eigenvalue weighted by molar-refractivity contribution is -0.121. The molecule has 0 unspecified atom stereocenters. The average Bonchev–Trinajstić information content (AvgIpc) is 3.25. The molecular formula is C31H34N4O5S. The van der Waals surface area contributed by atoms with Crippen LogP contribution in [0.5, 0.6) is 11.5 Å². The molecule has 0 radical (unpaired) electrons. The molecule has 1 amide bonds. The van der Waals surface area contributed by atoms with Crippen LogP contribution in [0.1, 0.15) is 28.1 Å². The van der Waals surface area contributed by atoms with Crippen molar-refractivity contribution in [1.29, 1.82) is 0 Å². The molecular weight excluding hydrogens is 540 g/mol. The second-order valence-electron chi connectivity index (χ2n) is 9.57. The van der Waals surface area contributed by atoms with Crippen LogP contribution in [0.2, 0.25) is 0 Å². The Kier molecular flexibility index (Phi) is 9.26. The van der Waals surface area contributed by atoms with Gasteiger partial charge in [0.05, 0.1) is 31.9 Å². The van der Waals surface area contributed by atoms with E-state index in [-0.39, 0.29) is 17.2 Å². The van der Waals surface area contributed by atoms with Gasteiger partial charge in [0.25, 0.3) is 5.91 Å². The summed E-state index contributed by atoms with van der Waals surface area (Å²) in [5.74, 6) is 0.0916. The third-order valence-corrected chi connectivity index (χ3v) is 8.46. The average molecular weight is 575 g/mol. The van der Waals surface area contributed by atoms with Crippen LogP contribution in [-0.2, 0) is 21.4 Å². The lowest BCUT2D eigenvalue weighted by Crippen LogP contribution is -2.39. The Morgan fingerprint density at radius 1 is 0.927 bits per heavy atom. The zero-order valence-electron chi connectivity index (χ0n) is 23.8. The highest BCUT2D eigenvalue weighted by atomic mass is 32.2. The van der Waals surface area contributed by atoms with Crippen LogP contribution in [0, 0.1) is 20.8 Å². The first-order valence-corrected chi connectivity index (χ1v) is 14.4. The minimum absolute atomic E-state index is 0.00758. The number of aromatic nitrogens is 1.